The number of morpholine rings is 1. The van der Waals surface area contributed by atoms with E-state index in [0.29, 0.717) is 24.2 Å². The Morgan fingerprint density at radius 2 is 1.39 bits per heavy atom. The molecule has 0 aliphatic carbocycles. The SMILES string of the molecule is O=C(NC(c1cccc(F)c1)c1cccc(F)c1)N1CCN(CCCN2CCOCC2)CC1. The molecule has 0 bridgehead atoms. The van der Waals surface area contributed by atoms with Gasteiger partial charge in [0, 0.05) is 39.3 Å². The largest absolute Gasteiger partial charge is 0.379 e. The highest BCUT2D eigenvalue weighted by Crippen LogP contribution is 2.24. The maximum atomic E-state index is 13.9. The van der Waals surface area contributed by atoms with Crippen molar-refractivity contribution in [3.05, 3.63) is 71.3 Å². The summed E-state index contributed by atoms with van der Waals surface area (Å²) in [7, 11) is 0. The number of carbonyl (C=O) groups is 1. The lowest BCUT2D eigenvalue weighted by Gasteiger charge is -2.36. The summed E-state index contributed by atoms with van der Waals surface area (Å²) in [5, 5.41) is 2.99. The summed E-state index contributed by atoms with van der Waals surface area (Å²) in [6.45, 7) is 8.64. The Kier molecular flexibility index (Phi) is 8.25. The van der Waals surface area contributed by atoms with Crippen LogP contribution in [0.15, 0.2) is 48.5 Å². The Labute approximate surface area is 194 Å². The number of hydrogen-bond acceptors (Lipinski definition) is 4. The van der Waals surface area contributed by atoms with Crippen molar-refractivity contribution in [1.29, 1.82) is 0 Å². The van der Waals surface area contributed by atoms with Crippen LogP contribution >= 0.6 is 0 Å². The lowest BCUT2D eigenvalue weighted by atomic mass is 9.98. The predicted molar refractivity (Wildman–Crippen MR) is 123 cm³/mol. The van der Waals surface area contributed by atoms with E-state index in [1.807, 2.05) is 0 Å². The lowest BCUT2D eigenvalue weighted by molar-refractivity contribution is 0.0354. The van der Waals surface area contributed by atoms with Crippen molar-refractivity contribution >= 4 is 6.03 Å². The van der Waals surface area contributed by atoms with Crippen LogP contribution in [0.2, 0.25) is 0 Å². The maximum absolute atomic E-state index is 13.9. The van der Waals surface area contributed by atoms with E-state index in [1.54, 1.807) is 29.2 Å². The molecule has 1 N–H and O–H groups in total. The number of hydrogen-bond donors (Lipinski definition) is 1. The molecule has 0 saturated carbocycles. The molecule has 0 unspecified atom stereocenters. The average Bonchev–Trinajstić information content (AvgIpc) is 2.83. The molecule has 0 atom stereocenters. The van der Waals surface area contributed by atoms with Crippen molar-refractivity contribution < 1.29 is 18.3 Å². The van der Waals surface area contributed by atoms with Crippen LogP contribution in [0.5, 0.6) is 0 Å². The maximum Gasteiger partial charge on any atom is 0.318 e. The first-order chi connectivity index (χ1) is 16.1. The van der Waals surface area contributed by atoms with Crippen LogP contribution in [-0.4, -0.2) is 86.3 Å². The van der Waals surface area contributed by atoms with Gasteiger partial charge in [-0.2, -0.15) is 0 Å². The van der Waals surface area contributed by atoms with Gasteiger partial charge < -0.3 is 15.0 Å². The van der Waals surface area contributed by atoms with Crippen molar-refractivity contribution in [2.45, 2.75) is 12.5 Å². The van der Waals surface area contributed by atoms with Gasteiger partial charge in [-0.1, -0.05) is 24.3 Å². The second-order valence-electron chi connectivity index (χ2n) is 8.63. The fraction of sp³-hybridized carbons (Fsp3) is 0.480. The van der Waals surface area contributed by atoms with Gasteiger partial charge in [-0.15, -0.1) is 0 Å². The van der Waals surface area contributed by atoms with E-state index in [-0.39, 0.29) is 6.03 Å². The number of carbonyl (C=O) groups excluding carboxylic acids is 1. The second kappa shape index (κ2) is 11.5. The van der Waals surface area contributed by atoms with Gasteiger partial charge in [-0.3, -0.25) is 9.80 Å². The number of amides is 2. The van der Waals surface area contributed by atoms with Gasteiger partial charge in [0.15, 0.2) is 0 Å². The predicted octanol–water partition coefficient (Wildman–Crippen LogP) is 3.10. The van der Waals surface area contributed by atoms with Crippen molar-refractivity contribution in [3.8, 4) is 0 Å². The molecule has 8 heteroatoms. The molecular weight excluding hydrogens is 426 g/mol. The molecule has 2 amide bonds. The van der Waals surface area contributed by atoms with Crippen LogP contribution in [0.25, 0.3) is 0 Å². The Bertz CT molecular complexity index is 869. The molecule has 2 aliphatic heterocycles. The third-order valence-corrected chi connectivity index (χ3v) is 6.34. The quantitative estimate of drug-likeness (QED) is 0.693. The smallest absolute Gasteiger partial charge is 0.318 e. The number of rotatable bonds is 7. The molecule has 4 rings (SSSR count). The van der Waals surface area contributed by atoms with Crippen LogP contribution in [-0.2, 0) is 4.74 Å². The first-order valence-corrected chi connectivity index (χ1v) is 11.7. The molecule has 6 nitrogen and oxygen atoms in total. The fourth-order valence-electron chi connectivity index (χ4n) is 4.46. The van der Waals surface area contributed by atoms with Crippen LogP contribution in [0.1, 0.15) is 23.6 Å². The number of halogens is 2. The number of piperazine rings is 1. The molecule has 2 heterocycles. The van der Waals surface area contributed by atoms with Gasteiger partial charge in [0.1, 0.15) is 11.6 Å². The van der Waals surface area contributed by atoms with Gasteiger partial charge in [0.25, 0.3) is 0 Å². The molecule has 0 radical (unpaired) electrons. The van der Waals surface area contributed by atoms with Gasteiger partial charge in [-0.05, 0) is 54.9 Å². The molecule has 0 aromatic heterocycles. The highest BCUT2D eigenvalue weighted by atomic mass is 19.1. The first-order valence-electron chi connectivity index (χ1n) is 11.7. The Morgan fingerprint density at radius 1 is 0.848 bits per heavy atom. The van der Waals surface area contributed by atoms with E-state index in [9.17, 15) is 13.6 Å². The van der Waals surface area contributed by atoms with E-state index < -0.39 is 17.7 Å². The van der Waals surface area contributed by atoms with E-state index in [2.05, 4.69) is 15.1 Å². The second-order valence-corrected chi connectivity index (χ2v) is 8.63. The molecule has 33 heavy (non-hydrogen) atoms. The molecule has 2 aromatic carbocycles. The highest BCUT2D eigenvalue weighted by Gasteiger charge is 2.25. The number of urea groups is 1. The van der Waals surface area contributed by atoms with Gasteiger partial charge in [0.2, 0.25) is 0 Å². The average molecular weight is 459 g/mol. The standard InChI is InChI=1S/C25H32F2N4O2/c26-22-6-1-4-20(18-22)24(21-5-2-7-23(27)19-21)28-25(32)31-12-10-29(11-13-31)8-3-9-30-14-16-33-17-15-30/h1-2,4-7,18-19,24H,3,8-17H2,(H,28,32). The Balaban J connectivity index is 1.31. The summed E-state index contributed by atoms with van der Waals surface area (Å²) in [4.78, 5) is 19.7. The highest BCUT2D eigenvalue weighted by molar-refractivity contribution is 5.75. The third-order valence-electron chi connectivity index (χ3n) is 6.34. The van der Waals surface area contributed by atoms with Crippen molar-refractivity contribution in [2.24, 2.45) is 0 Å². The number of ether oxygens (including phenoxy) is 1. The van der Waals surface area contributed by atoms with Crippen LogP contribution in [0.3, 0.4) is 0 Å². The zero-order chi connectivity index (χ0) is 23.0. The number of nitrogens with zero attached hydrogens (tertiary/aromatic N) is 3. The topological polar surface area (TPSA) is 48.1 Å². The molecular formula is C25H32F2N4O2. The first kappa shape index (κ1) is 23.6. The summed E-state index contributed by atoms with van der Waals surface area (Å²) in [5.41, 5.74) is 1.16. The van der Waals surface area contributed by atoms with E-state index in [0.717, 1.165) is 58.9 Å². The zero-order valence-electron chi connectivity index (χ0n) is 18.9. The summed E-state index contributed by atoms with van der Waals surface area (Å²) < 4.78 is 33.1. The van der Waals surface area contributed by atoms with Crippen molar-refractivity contribution in [3.63, 3.8) is 0 Å². The van der Waals surface area contributed by atoms with Gasteiger partial charge in [-0.25, -0.2) is 13.6 Å². The van der Waals surface area contributed by atoms with Gasteiger partial charge >= 0.3 is 6.03 Å². The van der Waals surface area contributed by atoms with E-state index in [1.165, 1.54) is 24.3 Å². The molecule has 2 fully saturated rings. The Morgan fingerprint density at radius 3 is 1.94 bits per heavy atom. The Hall–Kier alpha value is -2.55. The normalized spacial score (nSPS) is 18.0. The lowest BCUT2D eigenvalue weighted by Crippen LogP contribution is -2.52. The number of benzene rings is 2. The molecule has 178 valence electrons. The van der Waals surface area contributed by atoms with Crippen molar-refractivity contribution in [1.82, 2.24) is 20.0 Å². The minimum atomic E-state index is -0.629. The zero-order valence-corrected chi connectivity index (χ0v) is 18.9. The molecule has 2 aromatic rings. The van der Waals surface area contributed by atoms with Crippen LogP contribution in [0, 0.1) is 11.6 Å². The van der Waals surface area contributed by atoms with Crippen LogP contribution < -0.4 is 5.32 Å². The van der Waals surface area contributed by atoms with Crippen LogP contribution in [0.4, 0.5) is 13.6 Å². The fourth-order valence-corrected chi connectivity index (χ4v) is 4.46. The summed E-state index contributed by atoms with van der Waals surface area (Å²) in [6, 6.07) is 11.3. The monoisotopic (exact) mass is 458 g/mol. The summed E-state index contributed by atoms with van der Waals surface area (Å²) in [5.74, 6) is -0.789. The summed E-state index contributed by atoms with van der Waals surface area (Å²) in [6.07, 6.45) is 1.10. The minimum absolute atomic E-state index is 0.221. The number of nitrogens with one attached hydrogen (secondary N) is 1. The van der Waals surface area contributed by atoms with Crippen molar-refractivity contribution in [2.75, 3.05) is 65.6 Å². The summed E-state index contributed by atoms with van der Waals surface area (Å²) >= 11 is 0. The molecule has 2 saturated heterocycles. The van der Waals surface area contributed by atoms with Gasteiger partial charge in [0.05, 0.1) is 19.3 Å². The minimum Gasteiger partial charge on any atom is -0.379 e. The molecule has 2 aliphatic rings. The van der Waals surface area contributed by atoms with E-state index >= 15 is 0 Å². The third kappa shape index (κ3) is 6.72. The van der Waals surface area contributed by atoms with E-state index in [4.69, 9.17) is 4.74 Å². The molecule has 0 spiro atoms.